The van der Waals surface area contributed by atoms with Crippen molar-refractivity contribution in [3.8, 4) is 5.75 Å². The lowest BCUT2D eigenvalue weighted by Gasteiger charge is -2.24. The molecule has 1 aliphatic rings. The van der Waals surface area contributed by atoms with Gasteiger partial charge in [0.1, 0.15) is 18.1 Å². The summed E-state index contributed by atoms with van der Waals surface area (Å²) in [5.74, 6) is -0.324. The summed E-state index contributed by atoms with van der Waals surface area (Å²) >= 11 is 1.25. The molecule has 4 N–H and O–H groups in total. The van der Waals surface area contributed by atoms with Gasteiger partial charge in [-0.15, -0.1) is 11.8 Å². The van der Waals surface area contributed by atoms with Gasteiger partial charge >= 0.3 is 19.4 Å². The highest BCUT2D eigenvalue weighted by Gasteiger charge is 2.39. The molecule has 192 valence electrons. The van der Waals surface area contributed by atoms with Crippen molar-refractivity contribution in [3.05, 3.63) is 47.1 Å². The Kier molecular flexibility index (Phi) is 9.31. The highest BCUT2D eigenvalue weighted by atomic mass is 32.2. The average molecular weight is 528 g/mol. The van der Waals surface area contributed by atoms with E-state index in [0.717, 1.165) is 0 Å². The second-order valence-corrected chi connectivity index (χ2v) is 11.5. The van der Waals surface area contributed by atoms with E-state index in [-0.39, 0.29) is 37.3 Å². The number of ether oxygens (including phenoxy) is 1. The lowest BCUT2D eigenvalue weighted by atomic mass is 10.2. The molecule has 2 aromatic rings. The number of nitrogens with one attached hydrogen (secondary N) is 1. The second-order valence-electron chi connectivity index (χ2n) is 8.41. The van der Waals surface area contributed by atoms with Crippen LogP contribution in [0.4, 0.5) is 5.95 Å². The first-order valence-electron chi connectivity index (χ1n) is 11.0. The van der Waals surface area contributed by atoms with E-state index in [4.69, 9.17) is 19.5 Å². The van der Waals surface area contributed by atoms with Gasteiger partial charge in [-0.1, -0.05) is 32.0 Å². The first kappa shape index (κ1) is 27.2. The summed E-state index contributed by atoms with van der Waals surface area (Å²) in [5.41, 5.74) is 4.85. The molecule has 0 amide bonds. The molecule has 0 aliphatic carbocycles. The number of nitrogens with two attached hydrogens (primary N) is 1. The van der Waals surface area contributed by atoms with Gasteiger partial charge in [-0.3, -0.25) is 13.9 Å². The highest BCUT2D eigenvalue weighted by molar-refractivity contribution is 8.00. The van der Waals surface area contributed by atoms with Gasteiger partial charge in [0.05, 0.1) is 29.9 Å². The van der Waals surface area contributed by atoms with Gasteiger partial charge in [0, 0.05) is 6.42 Å². The number of para-hydroxylation sites is 1. The van der Waals surface area contributed by atoms with E-state index in [1.165, 1.54) is 29.6 Å². The maximum Gasteiger partial charge on any atom is 0.459 e. The summed E-state index contributed by atoms with van der Waals surface area (Å²) in [6.07, 6.45) is 0.627. The first-order valence-corrected chi connectivity index (χ1v) is 13.5. The van der Waals surface area contributed by atoms with E-state index < -0.39 is 42.2 Å². The molecule has 1 fully saturated rings. The zero-order valence-corrected chi connectivity index (χ0v) is 21.4. The molecule has 1 aromatic carbocycles. The number of carbonyl (C=O) groups is 1. The predicted molar refractivity (Wildman–Crippen MR) is 131 cm³/mol. The van der Waals surface area contributed by atoms with Crippen molar-refractivity contribution in [2.75, 3.05) is 18.9 Å². The normalized spacial score (nSPS) is 22.5. The molecule has 12 nitrogen and oxygen atoms in total. The fraction of sp³-hybridized carbons (Fsp3) is 0.524. The zero-order chi connectivity index (χ0) is 25.6. The first-order chi connectivity index (χ1) is 16.6. The van der Waals surface area contributed by atoms with Crippen molar-refractivity contribution < 1.29 is 28.3 Å². The van der Waals surface area contributed by atoms with Gasteiger partial charge < -0.3 is 20.1 Å². The number of hydrogen-bond acceptors (Lipinski definition) is 11. The Hall–Kier alpha value is -2.44. The quantitative estimate of drug-likeness (QED) is 0.287. The Morgan fingerprint density at radius 1 is 1.34 bits per heavy atom. The molecule has 2 heterocycles. The number of nitrogen functional groups attached to an aromatic ring is 1. The molecule has 0 bridgehead atoms. The van der Waals surface area contributed by atoms with Crippen LogP contribution >= 0.6 is 19.5 Å². The van der Waals surface area contributed by atoms with Crippen LogP contribution in [0.1, 0.15) is 32.6 Å². The Balaban J connectivity index is 1.69. The molecule has 0 spiro atoms. The van der Waals surface area contributed by atoms with Crippen LogP contribution in [0.5, 0.6) is 5.75 Å². The van der Waals surface area contributed by atoms with Crippen LogP contribution in [0.25, 0.3) is 0 Å². The Labute approximate surface area is 207 Å². The number of rotatable bonds is 11. The fourth-order valence-electron chi connectivity index (χ4n) is 3.13. The summed E-state index contributed by atoms with van der Waals surface area (Å²) in [7, 11) is -4.07. The summed E-state index contributed by atoms with van der Waals surface area (Å²) in [6.45, 7) is 5.34. The van der Waals surface area contributed by atoms with E-state index in [9.17, 15) is 19.3 Å². The molecule has 1 aromatic heterocycles. The molecule has 1 aliphatic heterocycles. The van der Waals surface area contributed by atoms with Gasteiger partial charge in [0.15, 0.2) is 0 Å². The average Bonchev–Trinajstić information content (AvgIpc) is 3.16. The minimum absolute atomic E-state index is 0.138. The van der Waals surface area contributed by atoms with Crippen LogP contribution in [-0.4, -0.2) is 56.2 Å². The van der Waals surface area contributed by atoms with E-state index in [1.54, 1.807) is 30.3 Å². The summed E-state index contributed by atoms with van der Waals surface area (Å²) in [5, 5.41) is 12.2. The zero-order valence-electron chi connectivity index (χ0n) is 19.6. The largest absolute Gasteiger partial charge is 0.464 e. The van der Waals surface area contributed by atoms with Gasteiger partial charge in [-0.05, 0) is 25.0 Å². The standard InChI is InChI=1S/C21H30N5O7PS/c1-13(2)10-31-19(28)14(3)25-34(30,33-15-7-5-4-6-8-15)32-11-17-16(27)9-18(35-17)26-12-23-20(22)24-21(26)29/h4-8,12-14,16-18,27H,9-11H2,1-3H3,(H,25,30)(H2,22,24,29)/t14-,16+,17+,18+,34?/m0/s1. The monoisotopic (exact) mass is 527 g/mol. The molecule has 1 unspecified atom stereocenters. The third-order valence-corrected chi connectivity index (χ3v) is 8.08. The molecule has 3 rings (SSSR count). The van der Waals surface area contributed by atoms with E-state index in [1.807, 2.05) is 13.8 Å². The smallest absolute Gasteiger partial charge is 0.459 e. The molecule has 5 atom stereocenters. The van der Waals surface area contributed by atoms with E-state index >= 15 is 0 Å². The Morgan fingerprint density at radius 3 is 2.71 bits per heavy atom. The molecule has 0 saturated carbocycles. The highest BCUT2D eigenvalue weighted by Crippen LogP contribution is 2.48. The lowest BCUT2D eigenvalue weighted by Crippen LogP contribution is -2.36. The molecular weight excluding hydrogens is 497 g/mol. The second kappa shape index (κ2) is 12.0. The number of aromatic nitrogens is 3. The number of anilines is 1. The summed E-state index contributed by atoms with van der Waals surface area (Å²) in [4.78, 5) is 31.9. The number of nitrogens with zero attached hydrogens (tertiary/aromatic N) is 3. The van der Waals surface area contributed by atoms with Crippen LogP contribution in [0, 0.1) is 5.92 Å². The summed E-state index contributed by atoms with van der Waals surface area (Å²) < 4.78 is 31.4. The third kappa shape index (κ3) is 7.77. The van der Waals surface area contributed by atoms with Crippen LogP contribution < -0.4 is 21.0 Å². The van der Waals surface area contributed by atoms with Crippen molar-refractivity contribution in [2.45, 2.75) is 50.0 Å². The number of carbonyl (C=O) groups excluding carboxylic acids is 1. The van der Waals surface area contributed by atoms with Crippen LogP contribution in [0.3, 0.4) is 0 Å². The minimum atomic E-state index is -4.07. The molecule has 0 radical (unpaired) electrons. The lowest BCUT2D eigenvalue weighted by molar-refractivity contribution is -0.146. The van der Waals surface area contributed by atoms with Crippen LogP contribution in [0.2, 0.25) is 0 Å². The number of benzene rings is 1. The van der Waals surface area contributed by atoms with Gasteiger partial charge in [-0.25, -0.2) is 14.3 Å². The van der Waals surface area contributed by atoms with Crippen molar-refractivity contribution in [3.63, 3.8) is 0 Å². The van der Waals surface area contributed by atoms with Crippen molar-refractivity contribution in [1.29, 1.82) is 0 Å². The van der Waals surface area contributed by atoms with Gasteiger partial charge in [-0.2, -0.15) is 10.1 Å². The van der Waals surface area contributed by atoms with Crippen molar-refractivity contribution >= 4 is 31.4 Å². The van der Waals surface area contributed by atoms with E-state index in [0.29, 0.717) is 0 Å². The predicted octanol–water partition coefficient (Wildman–Crippen LogP) is 1.97. The Morgan fingerprint density at radius 2 is 2.06 bits per heavy atom. The topological polar surface area (TPSA) is 168 Å². The molecule has 1 saturated heterocycles. The number of aliphatic hydroxyl groups excluding tert-OH is 1. The number of thioether (sulfide) groups is 1. The maximum absolute atomic E-state index is 13.6. The van der Waals surface area contributed by atoms with Gasteiger partial charge in [0.25, 0.3) is 0 Å². The molecule has 14 heteroatoms. The summed E-state index contributed by atoms with van der Waals surface area (Å²) in [6, 6.07) is 7.39. The SMILES string of the molecule is CC(C)COC(=O)[C@H](C)NP(=O)(OC[C@H]1S[C@@H](n2cnc(N)nc2=O)C[C@H]1O)Oc1ccccc1. The maximum atomic E-state index is 13.6. The van der Waals surface area contributed by atoms with Crippen LogP contribution in [-0.2, 0) is 18.6 Å². The Bertz CT molecular complexity index is 1100. The molecule has 35 heavy (non-hydrogen) atoms. The fourth-order valence-corrected chi connectivity index (χ4v) is 6.18. The van der Waals surface area contributed by atoms with Gasteiger partial charge in [0.2, 0.25) is 5.95 Å². The van der Waals surface area contributed by atoms with E-state index in [2.05, 4.69) is 15.1 Å². The number of esters is 1. The van der Waals surface area contributed by atoms with Crippen molar-refractivity contribution in [2.24, 2.45) is 5.92 Å². The van der Waals surface area contributed by atoms with Crippen molar-refractivity contribution in [1.82, 2.24) is 19.6 Å². The molecular formula is C21H30N5O7PS. The number of aliphatic hydroxyl groups is 1. The minimum Gasteiger partial charge on any atom is -0.464 e. The van der Waals surface area contributed by atoms with Crippen LogP contribution in [0.15, 0.2) is 41.5 Å². The third-order valence-electron chi connectivity index (χ3n) is 4.90. The number of hydrogen-bond donors (Lipinski definition) is 3.